The van der Waals surface area contributed by atoms with Crippen molar-refractivity contribution < 1.29 is 22.1 Å². The van der Waals surface area contributed by atoms with E-state index in [4.69, 9.17) is 4.52 Å². The highest BCUT2D eigenvalue weighted by molar-refractivity contribution is 5.58. The van der Waals surface area contributed by atoms with E-state index in [2.05, 4.69) is 15.0 Å². The lowest BCUT2D eigenvalue weighted by molar-refractivity contribution is -0.138. The molecule has 0 unspecified atom stereocenters. The third-order valence-corrected chi connectivity index (χ3v) is 5.78. The first-order valence-electron chi connectivity index (χ1n) is 10.7. The molecule has 8 heteroatoms. The van der Waals surface area contributed by atoms with Gasteiger partial charge in [0.2, 0.25) is 0 Å². The molecule has 1 fully saturated rings. The van der Waals surface area contributed by atoms with Crippen molar-refractivity contribution in [3.8, 4) is 11.3 Å². The van der Waals surface area contributed by atoms with Crippen molar-refractivity contribution in [1.82, 2.24) is 15.0 Å². The molecule has 4 nitrogen and oxygen atoms in total. The van der Waals surface area contributed by atoms with Crippen molar-refractivity contribution in [1.29, 1.82) is 0 Å². The van der Waals surface area contributed by atoms with E-state index in [1.54, 1.807) is 24.3 Å². The molecule has 0 radical (unpaired) electrons. The van der Waals surface area contributed by atoms with Crippen LogP contribution in [0.5, 0.6) is 0 Å². The lowest BCUT2D eigenvalue weighted by Crippen LogP contribution is -2.46. The minimum atomic E-state index is -4.32. The Kier molecular flexibility index (Phi) is 6.91. The van der Waals surface area contributed by atoms with E-state index in [0.29, 0.717) is 17.8 Å². The summed E-state index contributed by atoms with van der Waals surface area (Å²) in [6.07, 6.45) is -2.68. The molecule has 0 aliphatic carbocycles. The van der Waals surface area contributed by atoms with E-state index in [1.807, 2.05) is 6.07 Å². The van der Waals surface area contributed by atoms with Crippen LogP contribution in [0, 0.1) is 5.82 Å². The van der Waals surface area contributed by atoms with Gasteiger partial charge in [-0.25, -0.2) is 4.39 Å². The number of halogens is 4. The largest absolute Gasteiger partial charge is 0.416 e. The van der Waals surface area contributed by atoms with Crippen LogP contribution in [0.25, 0.3) is 11.3 Å². The molecule has 1 saturated heterocycles. The summed E-state index contributed by atoms with van der Waals surface area (Å²) < 4.78 is 58.1. The highest BCUT2D eigenvalue weighted by Gasteiger charge is 2.33. The average molecular weight is 447 g/mol. The van der Waals surface area contributed by atoms with Gasteiger partial charge in [-0.1, -0.05) is 23.4 Å². The zero-order valence-corrected chi connectivity index (χ0v) is 17.6. The highest BCUT2D eigenvalue weighted by atomic mass is 19.4. The van der Waals surface area contributed by atoms with Crippen molar-refractivity contribution in [3.05, 3.63) is 77.3 Å². The van der Waals surface area contributed by atoms with Gasteiger partial charge >= 0.3 is 6.18 Å². The number of alkyl halides is 3. The second-order valence-electron chi connectivity index (χ2n) is 8.06. The molecule has 1 aliphatic rings. The molecule has 1 aromatic heterocycles. The van der Waals surface area contributed by atoms with Crippen LogP contribution in [0.2, 0.25) is 0 Å². The van der Waals surface area contributed by atoms with Crippen LogP contribution in [0.1, 0.15) is 23.3 Å². The molecule has 3 aromatic rings. The molecule has 0 saturated carbocycles. The first-order valence-corrected chi connectivity index (χ1v) is 10.7. The maximum Gasteiger partial charge on any atom is 0.416 e. The van der Waals surface area contributed by atoms with E-state index in [-0.39, 0.29) is 5.82 Å². The summed E-state index contributed by atoms with van der Waals surface area (Å²) >= 11 is 0. The van der Waals surface area contributed by atoms with Crippen molar-refractivity contribution in [2.75, 3.05) is 32.7 Å². The number of hydrogen-bond acceptors (Lipinski definition) is 4. The minimum Gasteiger partial charge on any atom is -0.361 e. The van der Waals surface area contributed by atoms with E-state index in [1.165, 1.54) is 18.2 Å². The van der Waals surface area contributed by atoms with Crippen molar-refractivity contribution in [2.24, 2.45) is 0 Å². The standard InChI is InChI=1S/C24H25F4N3O/c25-20-9-7-18(8-10-20)23-16-21(32-29-23)5-3-11-30-12-14-31(15-13-30)17-19-4-1-2-6-22(19)24(26,27)28/h1-2,4,6-10,16H,3,5,11-15,17H2. The van der Waals surface area contributed by atoms with E-state index in [0.717, 1.165) is 63.0 Å². The molecule has 2 aromatic carbocycles. The normalized spacial score (nSPS) is 15.9. The van der Waals surface area contributed by atoms with E-state index < -0.39 is 11.7 Å². The summed E-state index contributed by atoms with van der Waals surface area (Å²) in [4.78, 5) is 4.40. The molecule has 170 valence electrons. The number of aryl methyl sites for hydroxylation is 1. The molecule has 0 atom stereocenters. The fraction of sp³-hybridized carbons (Fsp3) is 0.375. The van der Waals surface area contributed by atoms with Crippen LogP contribution < -0.4 is 0 Å². The number of hydrogen-bond donors (Lipinski definition) is 0. The first kappa shape index (κ1) is 22.5. The van der Waals surface area contributed by atoms with E-state index >= 15 is 0 Å². The third-order valence-electron chi connectivity index (χ3n) is 5.78. The lowest BCUT2D eigenvalue weighted by Gasteiger charge is -2.35. The Labute approximate surface area is 184 Å². The van der Waals surface area contributed by atoms with Gasteiger partial charge in [-0.15, -0.1) is 0 Å². The van der Waals surface area contributed by atoms with Gasteiger partial charge in [0.15, 0.2) is 0 Å². The predicted octanol–water partition coefficient (Wildman–Crippen LogP) is 5.25. The third kappa shape index (κ3) is 5.75. The van der Waals surface area contributed by atoms with Gasteiger partial charge in [0.05, 0.1) is 5.56 Å². The molecule has 0 spiro atoms. The quantitative estimate of drug-likeness (QED) is 0.463. The molecule has 0 bridgehead atoms. The number of rotatable bonds is 7. The Hall–Kier alpha value is -2.71. The predicted molar refractivity (Wildman–Crippen MR) is 113 cm³/mol. The van der Waals surface area contributed by atoms with Gasteiger partial charge in [0.25, 0.3) is 0 Å². The number of aromatic nitrogens is 1. The Morgan fingerprint density at radius 2 is 1.59 bits per heavy atom. The summed E-state index contributed by atoms with van der Waals surface area (Å²) in [5.41, 5.74) is 1.28. The summed E-state index contributed by atoms with van der Waals surface area (Å²) in [6, 6.07) is 13.8. The first-order chi connectivity index (χ1) is 15.4. The molecular formula is C24H25F4N3O. The zero-order valence-electron chi connectivity index (χ0n) is 17.6. The van der Waals surface area contributed by atoms with Gasteiger partial charge in [-0.05, 0) is 48.9 Å². The van der Waals surface area contributed by atoms with Gasteiger partial charge in [0, 0.05) is 50.8 Å². The topological polar surface area (TPSA) is 32.5 Å². The fourth-order valence-electron chi connectivity index (χ4n) is 4.01. The zero-order chi connectivity index (χ0) is 22.6. The van der Waals surface area contributed by atoms with Crippen LogP contribution in [-0.2, 0) is 19.1 Å². The second kappa shape index (κ2) is 9.83. The molecule has 1 aliphatic heterocycles. The number of nitrogens with zero attached hydrogens (tertiary/aromatic N) is 3. The van der Waals surface area contributed by atoms with Crippen molar-refractivity contribution in [2.45, 2.75) is 25.6 Å². The fourth-order valence-corrected chi connectivity index (χ4v) is 4.01. The molecular weight excluding hydrogens is 422 g/mol. The van der Waals surface area contributed by atoms with E-state index in [9.17, 15) is 17.6 Å². The Morgan fingerprint density at radius 1 is 0.906 bits per heavy atom. The summed E-state index contributed by atoms with van der Waals surface area (Å²) in [5, 5.41) is 4.06. The molecule has 0 N–H and O–H groups in total. The number of benzene rings is 2. The van der Waals surface area contributed by atoms with Gasteiger partial charge in [0.1, 0.15) is 17.3 Å². The SMILES string of the molecule is Fc1ccc(-c2cc(CCCN3CCN(Cc4ccccc4C(F)(F)F)CC3)on2)cc1. The van der Waals surface area contributed by atoms with Gasteiger partial charge in [-0.3, -0.25) is 4.90 Å². The molecule has 2 heterocycles. The summed E-state index contributed by atoms with van der Waals surface area (Å²) in [7, 11) is 0. The van der Waals surface area contributed by atoms with Crippen LogP contribution >= 0.6 is 0 Å². The Morgan fingerprint density at radius 3 is 2.31 bits per heavy atom. The lowest BCUT2D eigenvalue weighted by atomic mass is 10.1. The molecule has 32 heavy (non-hydrogen) atoms. The minimum absolute atomic E-state index is 0.290. The van der Waals surface area contributed by atoms with Crippen LogP contribution in [0.15, 0.2) is 59.1 Å². The van der Waals surface area contributed by atoms with Gasteiger partial charge in [-0.2, -0.15) is 13.2 Å². The highest BCUT2D eigenvalue weighted by Crippen LogP contribution is 2.32. The van der Waals surface area contributed by atoms with Crippen LogP contribution in [-0.4, -0.2) is 47.7 Å². The number of piperazine rings is 1. The maximum atomic E-state index is 13.2. The Balaban J connectivity index is 1.21. The van der Waals surface area contributed by atoms with Crippen LogP contribution in [0.3, 0.4) is 0 Å². The molecule has 4 rings (SSSR count). The summed E-state index contributed by atoms with van der Waals surface area (Å²) in [6.45, 7) is 4.33. The monoisotopic (exact) mass is 447 g/mol. The molecule has 0 amide bonds. The van der Waals surface area contributed by atoms with Crippen LogP contribution in [0.4, 0.5) is 17.6 Å². The maximum absolute atomic E-state index is 13.2. The Bertz CT molecular complexity index is 1010. The van der Waals surface area contributed by atoms with Crippen molar-refractivity contribution in [3.63, 3.8) is 0 Å². The smallest absolute Gasteiger partial charge is 0.361 e. The average Bonchev–Trinajstić information content (AvgIpc) is 3.24. The second-order valence-corrected chi connectivity index (χ2v) is 8.06. The summed E-state index contributed by atoms with van der Waals surface area (Å²) in [5.74, 6) is 0.494. The van der Waals surface area contributed by atoms with Gasteiger partial charge < -0.3 is 9.42 Å². The van der Waals surface area contributed by atoms with Crippen molar-refractivity contribution >= 4 is 0 Å².